The Morgan fingerprint density at radius 1 is 1.28 bits per heavy atom. The topological polar surface area (TPSA) is 56.1 Å². The number of nitrogens with one attached hydrogen (secondary N) is 1. The Kier molecular flexibility index (Phi) is 5.73. The van der Waals surface area contributed by atoms with Gasteiger partial charge in [-0.05, 0) is 50.8 Å². The van der Waals surface area contributed by atoms with Crippen LogP contribution in [0.3, 0.4) is 0 Å². The van der Waals surface area contributed by atoms with Crippen molar-refractivity contribution in [1.82, 2.24) is 10.4 Å². The number of rotatable bonds is 6. The Balaban J connectivity index is 1.92. The lowest BCUT2D eigenvalue weighted by molar-refractivity contribution is -0.202. The van der Waals surface area contributed by atoms with Gasteiger partial charge in [0.25, 0.3) is 0 Å². The highest BCUT2D eigenvalue weighted by Crippen LogP contribution is 2.35. The fraction of sp³-hybridized carbons (Fsp3) is 0.556. The molecular formula is C18H22F3N3O. The van der Waals surface area contributed by atoms with Crippen LogP contribution in [0.5, 0.6) is 0 Å². The predicted octanol–water partition coefficient (Wildman–Crippen LogP) is 3.72. The number of carbonyl (C=O) groups is 1. The minimum atomic E-state index is -4.40. The molecule has 1 aliphatic rings. The van der Waals surface area contributed by atoms with E-state index >= 15 is 0 Å². The van der Waals surface area contributed by atoms with Gasteiger partial charge in [-0.25, -0.2) is 5.01 Å². The number of aryl methyl sites for hydroxylation is 1. The van der Waals surface area contributed by atoms with Crippen molar-refractivity contribution in [2.45, 2.75) is 63.7 Å². The van der Waals surface area contributed by atoms with Gasteiger partial charge in [-0.15, -0.1) is 0 Å². The first-order valence-electron chi connectivity index (χ1n) is 8.28. The van der Waals surface area contributed by atoms with Gasteiger partial charge in [0, 0.05) is 12.0 Å². The van der Waals surface area contributed by atoms with Gasteiger partial charge in [-0.3, -0.25) is 10.2 Å². The minimum Gasteiger partial charge on any atom is -0.288 e. The highest BCUT2D eigenvalue weighted by molar-refractivity contribution is 5.78. The molecule has 1 aliphatic heterocycles. The number of nitriles is 1. The van der Waals surface area contributed by atoms with Crippen LogP contribution in [0.4, 0.5) is 13.2 Å². The Bertz CT molecular complexity index is 647. The van der Waals surface area contributed by atoms with E-state index in [1.165, 1.54) is 0 Å². The van der Waals surface area contributed by atoms with Crippen LogP contribution in [0, 0.1) is 11.3 Å². The largest absolute Gasteiger partial charge is 0.405 e. The van der Waals surface area contributed by atoms with Gasteiger partial charge in [0.1, 0.15) is 6.04 Å². The van der Waals surface area contributed by atoms with Crippen molar-refractivity contribution in [3.05, 3.63) is 35.4 Å². The number of hydrogen-bond donors (Lipinski definition) is 1. The highest BCUT2D eigenvalue weighted by atomic mass is 19.4. The van der Waals surface area contributed by atoms with Crippen LogP contribution in [-0.4, -0.2) is 28.7 Å². The first-order chi connectivity index (χ1) is 11.6. The zero-order valence-corrected chi connectivity index (χ0v) is 14.4. The van der Waals surface area contributed by atoms with Gasteiger partial charge in [-0.2, -0.15) is 18.4 Å². The molecule has 25 heavy (non-hydrogen) atoms. The molecule has 1 aromatic carbocycles. The third-order valence-electron chi connectivity index (χ3n) is 4.46. The molecule has 1 heterocycles. The SMILES string of the molecule is CC1(C)CC(=O)NN1[C@@H](CCCCc1ccc(C#N)cc1)C(F)(F)F. The Morgan fingerprint density at radius 3 is 2.40 bits per heavy atom. The molecule has 1 saturated heterocycles. The summed E-state index contributed by atoms with van der Waals surface area (Å²) in [4.78, 5) is 11.5. The van der Waals surface area contributed by atoms with E-state index in [1.807, 2.05) is 18.2 Å². The van der Waals surface area contributed by atoms with E-state index in [2.05, 4.69) is 5.43 Å². The molecule has 0 spiro atoms. The van der Waals surface area contributed by atoms with E-state index in [-0.39, 0.29) is 18.7 Å². The monoisotopic (exact) mass is 353 g/mol. The normalized spacial score (nSPS) is 18.6. The fourth-order valence-corrected chi connectivity index (χ4v) is 3.15. The van der Waals surface area contributed by atoms with Crippen molar-refractivity contribution in [1.29, 1.82) is 5.26 Å². The maximum atomic E-state index is 13.5. The summed E-state index contributed by atoms with van der Waals surface area (Å²) in [5.41, 5.74) is 3.07. The summed E-state index contributed by atoms with van der Waals surface area (Å²) in [7, 11) is 0. The first kappa shape index (κ1) is 19.3. The zero-order valence-electron chi connectivity index (χ0n) is 14.4. The number of halogens is 3. The second kappa shape index (κ2) is 7.44. The van der Waals surface area contributed by atoms with Gasteiger partial charge >= 0.3 is 6.18 Å². The number of benzene rings is 1. The lowest BCUT2D eigenvalue weighted by Crippen LogP contribution is -2.56. The van der Waals surface area contributed by atoms with E-state index in [4.69, 9.17) is 5.26 Å². The van der Waals surface area contributed by atoms with E-state index < -0.39 is 17.8 Å². The van der Waals surface area contributed by atoms with Gasteiger partial charge < -0.3 is 0 Å². The van der Waals surface area contributed by atoms with E-state index in [0.29, 0.717) is 24.8 Å². The van der Waals surface area contributed by atoms with Gasteiger partial charge in [0.15, 0.2) is 0 Å². The number of unbranched alkanes of at least 4 members (excludes halogenated alkanes) is 1. The molecular weight excluding hydrogens is 331 g/mol. The molecule has 1 aromatic rings. The lowest BCUT2D eigenvalue weighted by Gasteiger charge is -2.37. The molecule has 1 atom stereocenters. The number of alkyl halides is 3. The molecule has 0 radical (unpaired) electrons. The quantitative estimate of drug-likeness (QED) is 0.793. The summed E-state index contributed by atoms with van der Waals surface area (Å²) >= 11 is 0. The van der Waals surface area contributed by atoms with E-state index in [0.717, 1.165) is 10.6 Å². The summed E-state index contributed by atoms with van der Waals surface area (Å²) in [6, 6.07) is 7.40. The van der Waals surface area contributed by atoms with Crippen LogP contribution in [0.25, 0.3) is 0 Å². The van der Waals surface area contributed by atoms with Crippen molar-refractivity contribution in [2.75, 3.05) is 0 Å². The number of hydrazine groups is 1. The second-order valence-electron chi connectivity index (χ2n) is 7.01. The molecule has 0 aliphatic carbocycles. The zero-order chi connectivity index (χ0) is 18.7. The number of carbonyl (C=O) groups excluding carboxylic acids is 1. The van der Waals surface area contributed by atoms with Crippen LogP contribution in [0.1, 0.15) is 50.7 Å². The summed E-state index contributed by atoms with van der Waals surface area (Å²) in [6.45, 7) is 3.28. The van der Waals surface area contributed by atoms with Gasteiger partial charge in [-0.1, -0.05) is 18.6 Å². The fourth-order valence-electron chi connectivity index (χ4n) is 3.15. The molecule has 1 fully saturated rings. The van der Waals surface area contributed by atoms with Crippen molar-refractivity contribution < 1.29 is 18.0 Å². The van der Waals surface area contributed by atoms with Crippen LogP contribution in [-0.2, 0) is 11.2 Å². The third-order valence-corrected chi connectivity index (χ3v) is 4.46. The maximum absolute atomic E-state index is 13.5. The van der Waals surface area contributed by atoms with Crippen LogP contribution < -0.4 is 5.43 Å². The molecule has 1 N–H and O–H groups in total. The van der Waals surface area contributed by atoms with E-state index in [9.17, 15) is 18.0 Å². The lowest BCUT2D eigenvalue weighted by atomic mass is 9.97. The Labute approximate surface area is 145 Å². The average Bonchev–Trinajstić information content (AvgIpc) is 2.78. The van der Waals surface area contributed by atoms with Crippen molar-refractivity contribution in [2.24, 2.45) is 0 Å². The molecule has 7 heteroatoms. The smallest absolute Gasteiger partial charge is 0.288 e. The van der Waals surface area contributed by atoms with Crippen molar-refractivity contribution >= 4 is 5.91 Å². The maximum Gasteiger partial charge on any atom is 0.405 e. The van der Waals surface area contributed by atoms with Crippen molar-refractivity contribution in [3.63, 3.8) is 0 Å². The molecule has 136 valence electrons. The van der Waals surface area contributed by atoms with Crippen LogP contribution in [0.15, 0.2) is 24.3 Å². The highest BCUT2D eigenvalue weighted by Gasteiger charge is 2.51. The summed E-state index contributed by atoms with van der Waals surface area (Å²) in [5.74, 6) is -0.378. The Hall–Kier alpha value is -2.07. The molecule has 2 rings (SSSR count). The van der Waals surface area contributed by atoms with Crippen LogP contribution in [0.2, 0.25) is 0 Å². The summed E-state index contributed by atoms with van der Waals surface area (Å²) < 4.78 is 40.4. The number of hydrogen-bond acceptors (Lipinski definition) is 3. The van der Waals surface area contributed by atoms with Gasteiger partial charge in [0.05, 0.1) is 11.6 Å². The van der Waals surface area contributed by atoms with Gasteiger partial charge in [0.2, 0.25) is 5.91 Å². The molecule has 0 bridgehead atoms. The van der Waals surface area contributed by atoms with Crippen molar-refractivity contribution in [3.8, 4) is 6.07 Å². The molecule has 1 amide bonds. The first-order valence-corrected chi connectivity index (χ1v) is 8.28. The molecule has 0 unspecified atom stereocenters. The molecule has 4 nitrogen and oxygen atoms in total. The standard InChI is InChI=1S/C18H22F3N3O/c1-17(2)11-16(25)23-24(17)15(18(19,20)21)6-4-3-5-13-7-9-14(12-22)10-8-13/h7-10,15H,3-6,11H2,1-2H3,(H,23,25)/t15-/m0/s1. The Morgan fingerprint density at radius 2 is 1.92 bits per heavy atom. The summed E-state index contributed by atoms with van der Waals surface area (Å²) in [6.07, 6.45) is -2.74. The third kappa shape index (κ3) is 4.95. The second-order valence-corrected chi connectivity index (χ2v) is 7.01. The molecule has 0 aromatic heterocycles. The number of amides is 1. The predicted molar refractivity (Wildman–Crippen MR) is 87.2 cm³/mol. The molecule has 0 saturated carbocycles. The minimum absolute atomic E-state index is 0.0603. The average molecular weight is 353 g/mol. The summed E-state index contributed by atoms with van der Waals surface area (Å²) in [5, 5.41) is 9.82. The van der Waals surface area contributed by atoms with E-state index in [1.54, 1.807) is 26.0 Å². The van der Waals surface area contributed by atoms with Crippen LogP contribution >= 0.6 is 0 Å². The number of nitrogens with zero attached hydrogens (tertiary/aromatic N) is 2.